The Balaban J connectivity index is 2.17. The molecule has 0 aromatic heterocycles. The molecule has 1 amide bonds. The lowest BCUT2D eigenvalue weighted by molar-refractivity contribution is 0.102. The van der Waals surface area contributed by atoms with E-state index in [1.54, 1.807) is 36.4 Å². The van der Waals surface area contributed by atoms with Crippen LogP contribution in [0, 0.1) is 5.92 Å². The Morgan fingerprint density at radius 3 is 2.54 bits per heavy atom. The Kier molecular flexibility index (Phi) is 7.26. The van der Waals surface area contributed by atoms with Gasteiger partial charge in [-0.1, -0.05) is 37.7 Å². The molecule has 0 unspecified atom stereocenters. The van der Waals surface area contributed by atoms with Gasteiger partial charge in [-0.2, -0.15) is 8.78 Å². The summed E-state index contributed by atoms with van der Waals surface area (Å²) in [6.07, 6.45) is 0. The van der Waals surface area contributed by atoms with Crippen LogP contribution in [0.15, 0.2) is 47.4 Å². The van der Waals surface area contributed by atoms with Crippen LogP contribution in [0.5, 0.6) is 11.5 Å². The quantitative estimate of drug-likeness (QED) is 0.631. The van der Waals surface area contributed by atoms with Crippen molar-refractivity contribution in [2.75, 3.05) is 19.0 Å². The summed E-state index contributed by atoms with van der Waals surface area (Å²) in [5, 5.41) is 2.66. The molecule has 26 heavy (non-hydrogen) atoms. The van der Waals surface area contributed by atoms with Crippen LogP contribution < -0.4 is 14.8 Å². The van der Waals surface area contributed by atoms with E-state index >= 15 is 0 Å². The number of anilines is 1. The Hall–Kier alpha value is -2.28. The highest BCUT2D eigenvalue weighted by molar-refractivity contribution is 7.99. The maximum atomic E-state index is 12.7. The maximum Gasteiger partial charge on any atom is 0.288 e. The van der Waals surface area contributed by atoms with Crippen molar-refractivity contribution < 1.29 is 23.0 Å². The SMILES string of the molecule is COc1cc(C(=O)Nc2ccccc2SC(F)F)ccc1OCC(C)C. The van der Waals surface area contributed by atoms with Gasteiger partial charge in [-0.15, -0.1) is 0 Å². The topological polar surface area (TPSA) is 47.6 Å². The summed E-state index contributed by atoms with van der Waals surface area (Å²) < 4.78 is 36.3. The minimum atomic E-state index is -2.56. The normalized spacial score (nSPS) is 10.9. The van der Waals surface area contributed by atoms with E-state index < -0.39 is 11.7 Å². The molecule has 0 heterocycles. The highest BCUT2D eigenvalue weighted by Crippen LogP contribution is 2.33. The van der Waals surface area contributed by atoms with Crippen LogP contribution >= 0.6 is 11.8 Å². The molecule has 2 rings (SSSR count). The molecule has 0 atom stereocenters. The number of benzene rings is 2. The monoisotopic (exact) mass is 381 g/mol. The first-order valence-corrected chi connectivity index (χ1v) is 8.94. The third-order valence-corrected chi connectivity index (χ3v) is 4.14. The minimum Gasteiger partial charge on any atom is -0.493 e. The third-order valence-electron chi connectivity index (χ3n) is 3.35. The first-order chi connectivity index (χ1) is 12.4. The molecule has 0 aliphatic heterocycles. The van der Waals surface area contributed by atoms with E-state index in [0.717, 1.165) is 0 Å². The van der Waals surface area contributed by atoms with Gasteiger partial charge in [0, 0.05) is 10.5 Å². The van der Waals surface area contributed by atoms with Crippen LogP contribution in [0.3, 0.4) is 0 Å². The molecule has 7 heteroatoms. The molecule has 140 valence electrons. The molecule has 0 saturated carbocycles. The number of thioether (sulfide) groups is 1. The average molecular weight is 381 g/mol. The largest absolute Gasteiger partial charge is 0.493 e. The van der Waals surface area contributed by atoms with E-state index in [9.17, 15) is 13.6 Å². The van der Waals surface area contributed by atoms with Crippen molar-refractivity contribution >= 4 is 23.4 Å². The average Bonchev–Trinajstić information content (AvgIpc) is 2.60. The number of hydrogen-bond acceptors (Lipinski definition) is 4. The molecule has 0 aliphatic rings. The number of amides is 1. The van der Waals surface area contributed by atoms with Crippen molar-refractivity contribution in [3.63, 3.8) is 0 Å². The Bertz CT molecular complexity index is 753. The highest BCUT2D eigenvalue weighted by atomic mass is 32.2. The second kappa shape index (κ2) is 9.43. The van der Waals surface area contributed by atoms with E-state index in [-0.39, 0.29) is 0 Å². The number of carbonyl (C=O) groups is 1. The zero-order valence-electron chi connectivity index (χ0n) is 14.8. The number of para-hydroxylation sites is 1. The van der Waals surface area contributed by atoms with Gasteiger partial charge >= 0.3 is 0 Å². The van der Waals surface area contributed by atoms with Gasteiger partial charge in [-0.25, -0.2) is 0 Å². The second-order valence-electron chi connectivity index (χ2n) is 5.90. The summed E-state index contributed by atoms with van der Waals surface area (Å²) in [6, 6.07) is 11.3. The van der Waals surface area contributed by atoms with Crippen LogP contribution in [-0.2, 0) is 0 Å². The second-order valence-corrected chi connectivity index (χ2v) is 6.93. The molecule has 0 bridgehead atoms. The van der Waals surface area contributed by atoms with E-state index in [2.05, 4.69) is 5.32 Å². The summed E-state index contributed by atoms with van der Waals surface area (Å²) in [5.41, 5.74) is 0.678. The molecule has 1 N–H and O–H groups in total. The molecule has 2 aromatic rings. The van der Waals surface area contributed by atoms with Gasteiger partial charge < -0.3 is 14.8 Å². The van der Waals surface area contributed by atoms with Crippen LogP contribution in [0.1, 0.15) is 24.2 Å². The molecule has 0 spiro atoms. The molecule has 0 aliphatic carbocycles. The number of nitrogens with one attached hydrogen (secondary N) is 1. The van der Waals surface area contributed by atoms with Gasteiger partial charge in [0.25, 0.3) is 11.7 Å². The molecule has 0 saturated heterocycles. The fraction of sp³-hybridized carbons (Fsp3) is 0.316. The first kappa shape index (κ1) is 20.0. The van der Waals surface area contributed by atoms with Crippen molar-refractivity contribution in [1.82, 2.24) is 0 Å². The van der Waals surface area contributed by atoms with Gasteiger partial charge in [-0.05, 0) is 36.2 Å². The highest BCUT2D eigenvalue weighted by Gasteiger charge is 2.15. The summed E-state index contributed by atoms with van der Waals surface area (Å²) >= 11 is 0.389. The van der Waals surface area contributed by atoms with Gasteiger partial charge in [0.1, 0.15) is 0 Å². The number of halogens is 2. The number of methoxy groups -OCH3 is 1. The number of alkyl halides is 2. The van der Waals surface area contributed by atoms with Gasteiger partial charge in [0.2, 0.25) is 0 Å². The minimum absolute atomic E-state index is 0.305. The van der Waals surface area contributed by atoms with Crippen LogP contribution in [0.2, 0.25) is 0 Å². The fourth-order valence-corrected chi connectivity index (χ4v) is 2.74. The molecular weight excluding hydrogens is 360 g/mol. The predicted octanol–water partition coefficient (Wildman–Crippen LogP) is 5.30. The van der Waals surface area contributed by atoms with E-state index in [1.807, 2.05) is 13.8 Å². The fourth-order valence-electron chi connectivity index (χ4n) is 2.15. The molecule has 2 aromatic carbocycles. The van der Waals surface area contributed by atoms with Crippen molar-refractivity contribution in [1.29, 1.82) is 0 Å². The summed E-state index contributed by atoms with van der Waals surface area (Å²) in [5.74, 6) is -1.64. The van der Waals surface area contributed by atoms with Gasteiger partial charge in [-0.3, -0.25) is 4.79 Å². The molecule has 0 fully saturated rings. The number of hydrogen-bond donors (Lipinski definition) is 1. The number of ether oxygens (including phenoxy) is 2. The smallest absolute Gasteiger partial charge is 0.288 e. The Morgan fingerprint density at radius 1 is 1.15 bits per heavy atom. The zero-order valence-corrected chi connectivity index (χ0v) is 15.6. The third kappa shape index (κ3) is 5.62. The maximum absolute atomic E-state index is 12.7. The summed E-state index contributed by atoms with van der Waals surface area (Å²) in [4.78, 5) is 12.8. The van der Waals surface area contributed by atoms with E-state index in [4.69, 9.17) is 9.47 Å². The van der Waals surface area contributed by atoms with E-state index in [0.29, 0.717) is 51.9 Å². The molecular formula is C19H21F2NO3S. The first-order valence-electron chi connectivity index (χ1n) is 8.06. The molecule has 4 nitrogen and oxygen atoms in total. The van der Waals surface area contributed by atoms with Crippen molar-refractivity contribution in [2.24, 2.45) is 5.92 Å². The van der Waals surface area contributed by atoms with Crippen LogP contribution in [-0.4, -0.2) is 25.4 Å². The summed E-state index contributed by atoms with van der Waals surface area (Å²) in [6.45, 7) is 4.59. The number of rotatable bonds is 8. The lowest BCUT2D eigenvalue weighted by Gasteiger charge is -2.14. The van der Waals surface area contributed by atoms with Gasteiger partial charge in [0.15, 0.2) is 11.5 Å². The van der Waals surface area contributed by atoms with Gasteiger partial charge in [0.05, 0.1) is 19.4 Å². The van der Waals surface area contributed by atoms with Crippen molar-refractivity contribution in [3.8, 4) is 11.5 Å². The van der Waals surface area contributed by atoms with Crippen molar-refractivity contribution in [2.45, 2.75) is 24.5 Å². The zero-order chi connectivity index (χ0) is 19.1. The van der Waals surface area contributed by atoms with E-state index in [1.165, 1.54) is 13.2 Å². The molecule has 0 radical (unpaired) electrons. The lowest BCUT2D eigenvalue weighted by Crippen LogP contribution is -2.13. The number of carbonyl (C=O) groups excluding carboxylic acids is 1. The predicted molar refractivity (Wildman–Crippen MR) is 99.6 cm³/mol. The Morgan fingerprint density at radius 2 is 1.88 bits per heavy atom. The van der Waals surface area contributed by atoms with Crippen LogP contribution in [0.4, 0.5) is 14.5 Å². The standard InChI is InChI=1S/C19H21F2NO3S/c1-12(2)11-25-15-9-8-13(10-16(15)24-3)18(23)22-14-6-4-5-7-17(14)26-19(20)21/h4-10,12,19H,11H2,1-3H3,(H,22,23). The summed E-state index contributed by atoms with van der Waals surface area (Å²) in [7, 11) is 1.49. The van der Waals surface area contributed by atoms with Crippen molar-refractivity contribution in [3.05, 3.63) is 48.0 Å². The Labute approximate surface area is 155 Å². The lowest BCUT2D eigenvalue weighted by atomic mass is 10.1. The van der Waals surface area contributed by atoms with Crippen LogP contribution in [0.25, 0.3) is 0 Å².